The molecule has 0 aliphatic carbocycles. The minimum Gasteiger partial charge on any atom is -0.480 e. The number of benzene rings is 1. The van der Waals surface area contributed by atoms with Crippen molar-refractivity contribution in [1.29, 1.82) is 0 Å². The molecule has 1 aliphatic rings. The normalized spacial score (nSPS) is 18.2. The predicted octanol–water partition coefficient (Wildman–Crippen LogP) is 4.22. The number of nitrogens with zero attached hydrogens (tertiary/aromatic N) is 2. The van der Waals surface area contributed by atoms with Gasteiger partial charge in [0.15, 0.2) is 12.4 Å². The van der Waals surface area contributed by atoms with Gasteiger partial charge in [0.1, 0.15) is 5.52 Å². The van der Waals surface area contributed by atoms with Crippen LogP contribution in [0.1, 0.15) is 26.2 Å². The van der Waals surface area contributed by atoms with Crippen molar-refractivity contribution >= 4 is 62.0 Å². The summed E-state index contributed by atoms with van der Waals surface area (Å²) in [6, 6.07) is 6.32. The van der Waals surface area contributed by atoms with E-state index in [0.717, 1.165) is 37.4 Å². The Kier molecular flexibility index (Phi) is 5.61. The van der Waals surface area contributed by atoms with Crippen LogP contribution in [0.15, 0.2) is 24.4 Å². The quantitative estimate of drug-likeness (QED) is 0.553. The number of carbonyl (C=O) groups excluding carboxylic acids is 1. The summed E-state index contributed by atoms with van der Waals surface area (Å²) in [5.74, 6) is 0.773. The molecule has 0 bridgehead atoms. The Morgan fingerprint density at radius 2 is 2.22 bits per heavy atom. The van der Waals surface area contributed by atoms with E-state index in [1.54, 1.807) is 6.20 Å². The predicted molar refractivity (Wildman–Crippen MR) is 108 cm³/mol. The number of likely N-dealkylation sites (tertiary alicyclic amines) is 1. The van der Waals surface area contributed by atoms with Crippen LogP contribution in [0.2, 0.25) is 0 Å². The summed E-state index contributed by atoms with van der Waals surface area (Å²) in [4.78, 5) is 18.9. The molecule has 3 rings (SSSR count). The minimum atomic E-state index is 0.0654. The van der Waals surface area contributed by atoms with Gasteiger partial charge in [0.25, 0.3) is 5.91 Å². The van der Waals surface area contributed by atoms with E-state index in [1.807, 2.05) is 17.0 Å². The number of rotatable bonds is 3. The number of carbonyl (C=O) groups is 1. The van der Waals surface area contributed by atoms with E-state index in [9.17, 15) is 4.79 Å². The van der Waals surface area contributed by atoms with Crippen LogP contribution < -0.4 is 4.74 Å². The number of pyridine rings is 1. The van der Waals surface area contributed by atoms with Gasteiger partial charge >= 0.3 is 0 Å². The lowest BCUT2D eigenvalue weighted by atomic mass is 10.0. The van der Waals surface area contributed by atoms with Gasteiger partial charge in [-0.15, -0.1) is 0 Å². The second kappa shape index (κ2) is 7.50. The molecule has 1 aromatic carbocycles. The zero-order chi connectivity index (χ0) is 16.4. The molecule has 0 saturated carbocycles. The molecular formula is C17H18I2N2O2. The number of amides is 1. The average molecular weight is 536 g/mol. The fraction of sp³-hybridized carbons (Fsp3) is 0.412. The van der Waals surface area contributed by atoms with Gasteiger partial charge in [0, 0.05) is 27.7 Å². The highest BCUT2D eigenvalue weighted by Crippen LogP contribution is 2.33. The third-order valence-corrected chi connectivity index (χ3v) is 5.91. The van der Waals surface area contributed by atoms with E-state index in [0.29, 0.717) is 11.8 Å². The van der Waals surface area contributed by atoms with Crippen LogP contribution >= 0.6 is 45.2 Å². The fourth-order valence-corrected chi connectivity index (χ4v) is 5.03. The lowest BCUT2D eigenvalue weighted by molar-refractivity contribution is -0.136. The summed E-state index contributed by atoms with van der Waals surface area (Å²) in [6.07, 6.45) is 5.13. The molecule has 1 saturated heterocycles. The number of aromatic nitrogens is 1. The largest absolute Gasteiger partial charge is 0.480 e. The maximum atomic E-state index is 12.5. The van der Waals surface area contributed by atoms with Crippen molar-refractivity contribution in [3.63, 3.8) is 0 Å². The molecule has 122 valence electrons. The van der Waals surface area contributed by atoms with E-state index in [2.05, 4.69) is 63.2 Å². The zero-order valence-electron chi connectivity index (χ0n) is 12.9. The van der Waals surface area contributed by atoms with Gasteiger partial charge in [-0.1, -0.05) is 6.07 Å². The first-order valence-electron chi connectivity index (χ1n) is 7.73. The lowest BCUT2D eigenvalue weighted by Gasteiger charge is -2.33. The van der Waals surface area contributed by atoms with E-state index in [-0.39, 0.29) is 12.5 Å². The standard InChI is InChI=1S/C17H18I2N2O2/c1-11-5-2-3-8-21(11)15(22)10-23-17-14(19)9-13(18)12-6-4-7-20-16(12)17/h4,6-7,9,11H,2-3,5,8,10H2,1H3/t11-/m1/s1. The van der Waals surface area contributed by atoms with E-state index >= 15 is 0 Å². The molecular weight excluding hydrogens is 518 g/mol. The summed E-state index contributed by atoms with van der Waals surface area (Å²) in [6.45, 7) is 3.03. The molecule has 0 N–H and O–H groups in total. The van der Waals surface area contributed by atoms with Crippen molar-refractivity contribution < 1.29 is 9.53 Å². The van der Waals surface area contributed by atoms with Gasteiger partial charge in [-0.2, -0.15) is 0 Å². The molecule has 2 heterocycles. The average Bonchev–Trinajstić information content (AvgIpc) is 2.55. The molecule has 2 aromatic rings. The van der Waals surface area contributed by atoms with Gasteiger partial charge in [-0.05, 0) is 83.5 Å². The number of hydrogen-bond acceptors (Lipinski definition) is 3. The lowest BCUT2D eigenvalue weighted by Crippen LogP contribution is -2.44. The van der Waals surface area contributed by atoms with Crippen LogP contribution in [0.3, 0.4) is 0 Å². The molecule has 4 nitrogen and oxygen atoms in total. The van der Waals surface area contributed by atoms with Crippen molar-refractivity contribution in [2.45, 2.75) is 32.2 Å². The highest BCUT2D eigenvalue weighted by atomic mass is 127. The summed E-state index contributed by atoms with van der Waals surface area (Å²) >= 11 is 4.55. The number of fused-ring (bicyclic) bond motifs is 1. The maximum absolute atomic E-state index is 12.5. The van der Waals surface area contributed by atoms with Crippen molar-refractivity contribution in [2.24, 2.45) is 0 Å². The Balaban J connectivity index is 1.80. The molecule has 6 heteroatoms. The van der Waals surface area contributed by atoms with Gasteiger partial charge < -0.3 is 9.64 Å². The van der Waals surface area contributed by atoms with Gasteiger partial charge in [0.2, 0.25) is 0 Å². The third-order valence-electron chi connectivity index (χ3n) is 4.21. The van der Waals surface area contributed by atoms with Gasteiger partial charge in [0.05, 0.1) is 3.57 Å². The molecule has 0 unspecified atom stereocenters. The molecule has 1 aromatic heterocycles. The Bertz CT molecular complexity index is 736. The number of halogens is 2. The smallest absolute Gasteiger partial charge is 0.260 e. The minimum absolute atomic E-state index is 0.0654. The third kappa shape index (κ3) is 3.72. The van der Waals surface area contributed by atoms with Crippen LogP contribution in [0, 0.1) is 7.14 Å². The summed E-state index contributed by atoms with van der Waals surface area (Å²) < 4.78 is 8.03. The van der Waals surface area contributed by atoms with Crippen LogP contribution in [-0.2, 0) is 4.79 Å². The topological polar surface area (TPSA) is 42.4 Å². The first-order chi connectivity index (χ1) is 11.1. The van der Waals surface area contributed by atoms with Crippen molar-refractivity contribution in [2.75, 3.05) is 13.2 Å². The molecule has 0 radical (unpaired) electrons. The second-order valence-corrected chi connectivity index (χ2v) is 8.11. The molecule has 1 atom stereocenters. The van der Waals surface area contributed by atoms with Crippen molar-refractivity contribution in [1.82, 2.24) is 9.88 Å². The summed E-state index contributed by atoms with van der Waals surface area (Å²) in [5, 5.41) is 1.06. The first-order valence-corrected chi connectivity index (χ1v) is 9.88. The molecule has 1 fully saturated rings. The Morgan fingerprint density at radius 3 is 3.00 bits per heavy atom. The second-order valence-electron chi connectivity index (χ2n) is 5.79. The first kappa shape index (κ1) is 17.2. The highest BCUT2D eigenvalue weighted by molar-refractivity contribution is 14.1. The van der Waals surface area contributed by atoms with E-state index < -0.39 is 0 Å². The summed E-state index contributed by atoms with van der Waals surface area (Å²) in [5.41, 5.74) is 0.822. The Labute approximate surface area is 163 Å². The fourth-order valence-electron chi connectivity index (χ4n) is 2.97. The van der Waals surface area contributed by atoms with Crippen LogP contribution in [0.5, 0.6) is 5.75 Å². The highest BCUT2D eigenvalue weighted by Gasteiger charge is 2.24. The van der Waals surface area contributed by atoms with Crippen LogP contribution in [-0.4, -0.2) is 35.0 Å². The summed E-state index contributed by atoms with van der Waals surface area (Å²) in [7, 11) is 0. The van der Waals surface area contributed by atoms with Crippen molar-refractivity contribution in [3.05, 3.63) is 31.5 Å². The van der Waals surface area contributed by atoms with E-state index in [4.69, 9.17) is 4.74 Å². The number of hydrogen-bond donors (Lipinski definition) is 0. The maximum Gasteiger partial charge on any atom is 0.260 e. The molecule has 1 aliphatic heterocycles. The van der Waals surface area contributed by atoms with Gasteiger partial charge in [-0.25, -0.2) is 0 Å². The molecule has 0 spiro atoms. The Morgan fingerprint density at radius 1 is 1.39 bits per heavy atom. The number of ether oxygens (including phenoxy) is 1. The van der Waals surface area contributed by atoms with Crippen LogP contribution in [0.4, 0.5) is 0 Å². The van der Waals surface area contributed by atoms with E-state index in [1.165, 1.54) is 6.42 Å². The monoisotopic (exact) mass is 536 g/mol. The molecule has 23 heavy (non-hydrogen) atoms. The number of piperidine rings is 1. The van der Waals surface area contributed by atoms with Gasteiger partial charge in [-0.3, -0.25) is 9.78 Å². The SMILES string of the molecule is C[C@@H]1CCCCN1C(=O)COc1c(I)cc(I)c2cccnc12. The van der Waals surface area contributed by atoms with Crippen molar-refractivity contribution in [3.8, 4) is 5.75 Å². The zero-order valence-corrected chi connectivity index (χ0v) is 17.2. The van der Waals surface area contributed by atoms with Crippen LogP contribution in [0.25, 0.3) is 10.9 Å². The Hall–Kier alpha value is -0.640. The molecule has 1 amide bonds.